The van der Waals surface area contributed by atoms with Gasteiger partial charge in [-0.05, 0) is 19.4 Å². The Labute approximate surface area is 71.9 Å². The third-order valence-corrected chi connectivity index (χ3v) is 1.61. The number of aromatic nitrogens is 2. The molecule has 1 aromatic heterocycles. The zero-order valence-electron chi connectivity index (χ0n) is 7.25. The van der Waals surface area contributed by atoms with E-state index < -0.39 is 0 Å². The molecule has 0 spiro atoms. The van der Waals surface area contributed by atoms with Crippen molar-refractivity contribution in [2.24, 2.45) is 5.73 Å². The number of nitrogens with two attached hydrogens (primary N) is 1. The van der Waals surface area contributed by atoms with Gasteiger partial charge in [-0.25, -0.2) is 0 Å². The lowest BCUT2D eigenvalue weighted by atomic mass is 10.3. The summed E-state index contributed by atoms with van der Waals surface area (Å²) < 4.78 is 1.87. The summed E-state index contributed by atoms with van der Waals surface area (Å²) >= 11 is 0. The first-order valence-corrected chi connectivity index (χ1v) is 4.01. The minimum atomic E-state index is 0.249. The van der Waals surface area contributed by atoms with E-state index in [1.165, 1.54) is 0 Å². The molecule has 1 rings (SSSR count). The minimum Gasteiger partial charge on any atom is -0.388 e. The third-order valence-electron chi connectivity index (χ3n) is 1.61. The highest BCUT2D eigenvalue weighted by Gasteiger charge is 1.94. The Bertz CT molecular complexity index is 264. The molecule has 0 aliphatic heterocycles. The standard InChI is InChI=1S/C8H14N4/c1-7-4-6-12(11-7)5-2-3-8(9)10/h4,6H,2-3,5H2,1H3,(H3,9,10). The fourth-order valence-corrected chi connectivity index (χ4v) is 1.02. The van der Waals surface area contributed by atoms with Crippen LogP contribution >= 0.6 is 0 Å². The molecule has 0 aliphatic carbocycles. The summed E-state index contributed by atoms with van der Waals surface area (Å²) in [4.78, 5) is 0. The van der Waals surface area contributed by atoms with E-state index in [1.807, 2.05) is 23.9 Å². The van der Waals surface area contributed by atoms with Gasteiger partial charge in [0.15, 0.2) is 0 Å². The fourth-order valence-electron chi connectivity index (χ4n) is 1.02. The molecular weight excluding hydrogens is 152 g/mol. The summed E-state index contributed by atoms with van der Waals surface area (Å²) in [6.07, 6.45) is 3.48. The molecule has 0 radical (unpaired) electrons. The smallest absolute Gasteiger partial charge is 0.0905 e. The highest BCUT2D eigenvalue weighted by Crippen LogP contribution is 1.96. The number of nitrogens with zero attached hydrogens (tertiary/aromatic N) is 2. The molecule has 0 amide bonds. The van der Waals surface area contributed by atoms with Crippen molar-refractivity contribution < 1.29 is 0 Å². The predicted molar refractivity (Wildman–Crippen MR) is 48.1 cm³/mol. The highest BCUT2D eigenvalue weighted by atomic mass is 15.3. The molecule has 0 unspecified atom stereocenters. The summed E-state index contributed by atoms with van der Waals surface area (Å²) in [5, 5.41) is 11.2. The number of rotatable bonds is 4. The number of nitrogens with one attached hydrogen (secondary N) is 1. The monoisotopic (exact) mass is 166 g/mol. The largest absolute Gasteiger partial charge is 0.388 e. The Morgan fingerprint density at radius 2 is 2.50 bits per heavy atom. The van der Waals surface area contributed by atoms with Crippen molar-refractivity contribution in [3.63, 3.8) is 0 Å². The first-order valence-electron chi connectivity index (χ1n) is 4.01. The molecule has 12 heavy (non-hydrogen) atoms. The summed E-state index contributed by atoms with van der Waals surface area (Å²) in [6, 6.07) is 1.97. The molecule has 0 aliphatic rings. The lowest BCUT2D eigenvalue weighted by Gasteiger charge is -1.99. The number of aryl methyl sites for hydroxylation is 2. The van der Waals surface area contributed by atoms with E-state index in [9.17, 15) is 0 Å². The summed E-state index contributed by atoms with van der Waals surface area (Å²) in [6.45, 7) is 2.80. The van der Waals surface area contributed by atoms with E-state index in [-0.39, 0.29) is 5.84 Å². The van der Waals surface area contributed by atoms with Crippen LogP contribution in [0.25, 0.3) is 0 Å². The Morgan fingerprint density at radius 3 is 3.00 bits per heavy atom. The molecule has 0 fully saturated rings. The Hall–Kier alpha value is -1.32. The Balaban J connectivity index is 2.29. The van der Waals surface area contributed by atoms with Crippen molar-refractivity contribution in [1.82, 2.24) is 9.78 Å². The van der Waals surface area contributed by atoms with Gasteiger partial charge in [0, 0.05) is 19.2 Å². The molecule has 1 aromatic rings. The Kier molecular flexibility index (Phi) is 2.85. The second-order valence-electron chi connectivity index (χ2n) is 2.85. The minimum absolute atomic E-state index is 0.249. The molecule has 0 saturated heterocycles. The van der Waals surface area contributed by atoms with E-state index >= 15 is 0 Å². The van der Waals surface area contributed by atoms with Gasteiger partial charge < -0.3 is 5.73 Å². The first-order chi connectivity index (χ1) is 5.68. The quantitative estimate of drug-likeness (QED) is 0.515. The fraction of sp³-hybridized carbons (Fsp3) is 0.500. The molecule has 1 heterocycles. The molecule has 0 saturated carbocycles. The SMILES string of the molecule is Cc1ccn(CCCC(=N)N)n1. The molecule has 0 aromatic carbocycles. The van der Waals surface area contributed by atoms with Crippen LogP contribution in [0.1, 0.15) is 18.5 Å². The average Bonchev–Trinajstić information content (AvgIpc) is 2.35. The maximum absolute atomic E-state index is 7.01. The van der Waals surface area contributed by atoms with Crippen molar-refractivity contribution in [2.45, 2.75) is 26.3 Å². The van der Waals surface area contributed by atoms with E-state index in [0.29, 0.717) is 6.42 Å². The zero-order valence-corrected chi connectivity index (χ0v) is 7.25. The van der Waals surface area contributed by atoms with Gasteiger partial charge in [0.2, 0.25) is 0 Å². The van der Waals surface area contributed by atoms with Crippen LogP contribution in [0.2, 0.25) is 0 Å². The lowest BCUT2D eigenvalue weighted by Crippen LogP contribution is -2.10. The van der Waals surface area contributed by atoms with Crippen molar-refractivity contribution in [2.75, 3.05) is 0 Å². The van der Waals surface area contributed by atoms with Crippen molar-refractivity contribution in [3.05, 3.63) is 18.0 Å². The summed E-state index contributed by atoms with van der Waals surface area (Å²) in [5.74, 6) is 0.249. The van der Waals surface area contributed by atoms with Crippen LogP contribution in [0.3, 0.4) is 0 Å². The Morgan fingerprint density at radius 1 is 1.75 bits per heavy atom. The van der Waals surface area contributed by atoms with Gasteiger partial charge in [0.05, 0.1) is 11.5 Å². The van der Waals surface area contributed by atoms with Crippen LogP contribution < -0.4 is 5.73 Å². The van der Waals surface area contributed by atoms with E-state index in [1.54, 1.807) is 0 Å². The molecule has 3 N–H and O–H groups in total. The van der Waals surface area contributed by atoms with Crippen LogP contribution in [0.5, 0.6) is 0 Å². The van der Waals surface area contributed by atoms with Gasteiger partial charge in [0.1, 0.15) is 0 Å². The van der Waals surface area contributed by atoms with Gasteiger partial charge in [-0.1, -0.05) is 0 Å². The summed E-state index contributed by atoms with van der Waals surface area (Å²) in [5.41, 5.74) is 6.24. The molecule has 66 valence electrons. The zero-order chi connectivity index (χ0) is 8.97. The normalized spacial score (nSPS) is 10.1. The van der Waals surface area contributed by atoms with Gasteiger partial charge >= 0.3 is 0 Å². The van der Waals surface area contributed by atoms with Crippen LogP contribution in [0.4, 0.5) is 0 Å². The first kappa shape index (κ1) is 8.77. The molecular formula is C8H14N4. The average molecular weight is 166 g/mol. The number of hydrogen-bond acceptors (Lipinski definition) is 2. The van der Waals surface area contributed by atoms with E-state index in [4.69, 9.17) is 11.1 Å². The van der Waals surface area contributed by atoms with E-state index in [0.717, 1.165) is 18.7 Å². The van der Waals surface area contributed by atoms with Crippen LogP contribution in [0.15, 0.2) is 12.3 Å². The highest BCUT2D eigenvalue weighted by molar-refractivity contribution is 5.76. The maximum atomic E-state index is 7.01. The second kappa shape index (κ2) is 3.90. The summed E-state index contributed by atoms with van der Waals surface area (Å²) in [7, 11) is 0. The maximum Gasteiger partial charge on any atom is 0.0905 e. The molecule has 4 heteroatoms. The van der Waals surface area contributed by atoms with Crippen LogP contribution in [-0.2, 0) is 6.54 Å². The molecule has 0 atom stereocenters. The van der Waals surface area contributed by atoms with Crippen molar-refractivity contribution >= 4 is 5.84 Å². The number of hydrogen-bond donors (Lipinski definition) is 2. The number of amidine groups is 1. The molecule has 4 nitrogen and oxygen atoms in total. The van der Waals surface area contributed by atoms with Gasteiger partial charge in [-0.3, -0.25) is 10.1 Å². The lowest BCUT2D eigenvalue weighted by molar-refractivity contribution is 0.584. The van der Waals surface area contributed by atoms with Gasteiger partial charge in [-0.2, -0.15) is 5.10 Å². The predicted octanol–water partition coefficient (Wildman–Crippen LogP) is 0.908. The van der Waals surface area contributed by atoms with Crippen molar-refractivity contribution in [3.8, 4) is 0 Å². The van der Waals surface area contributed by atoms with Crippen molar-refractivity contribution in [1.29, 1.82) is 5.41 Å². The van der Waals surface area contributed by atoms with Gasteiger partial charge in [0.25, 0.3) is 0 Å². The van der Waals surface area contributed by atoms with E-state index in [2.05, 4.69) is 5.10 Å². The molecule has 0 bridgehead atoms. The van der Waals surface area contributed by atoms with Crippen LogP contribution in [0, 0.1) is 12.3 Å². The van der Waals surface area contributed by atoms with Gasteiger partial charge in [-0.15, -0.1) is 0 Å². The second-order valence-corrected chi connectivity index (χ2v) is 2.85. The third kappa shape index (κ3) is 2.74. The van der Waals surface area contributed by atoms with Crippen LogP contribution in [-0.4, -0.2) is 15.6 Å². The topological polar surface area (TPSA) is 67.7 Å².